The van der Waals surface area contributed by atoms with E-state index >= 15 is 0 Å². The molecule has 4 nitrogen and oxygen atoms in total. The number of aromatic nitrogens is 1. The standard InChI is InChI=1S/C14H19BrN2O2/c1-11(19-12-6-7-13(15)16-10-12)14(18)17-8-4-2-3-5-9-17/h6-7,10-11H,2-5,8-9H2,1H3. The Hall–Kier alpha value is -1.10. The Morgan fingerprint density at radius 3 is 2.58 bits per heavy atom. The normalized spacial score (nSPS) is 17.7. The molecule has 1 aliphatic heterocycles. The van der Waals surface area contributed by atoms with Crippen molar-refractivity contribution in [3.63, 3.8) is 0 Å². The maximum Gasteiger partial charge on any atom is 0.263 e. The molecule has 19 heavy (non-hydrogen) atoms. The fourth-order valence-electron chi connectivity index (χ4n) is 2.23. The molecule has 1 amide bonds. The molecule has 1 unspecified atom stereocenters. The van der Waals surface area contributed by atoms with Crippen molar-refractivity contribution in [1.29, 1.82) is 0 Å². The van der Waals surface area contributed by atoms with Crippen molar-refractivity contribution in [2.75, 3.05) is 13.1 Å². The average molecular weight is 327 g/mol. The minimum Gasteiger partial charge on any atom is -0.479 e. The molecule has 2 heterocycles. The van der Waals surface area contributed by atoms with Crippen molar-refractivity contribution in [2.45, 2.75) is 38.7 Å². The van der Waals surface area contributed by atoms with Crippen LogP contribution in [0.25, 0.3) is 0 Å². The topological polar surface area (TPSA) is 42.4 Å². The number of hydrogen-bond donors (Lipinski definition) is 0. The Morgan fingerprint density at radius 1 is 1.32 bits per heavy atom. The number of halogens is 1. The highest BCUT2D eigenvalue weighted by Crippen LogP contribution is 2.16. The van der Waals surface area contributed by atoms with E-state index in [-0.39, 0.29) is 5.91 Å². The third-order valence-electron chi connectivity index (χ3n) is 3.28. The van der Waals surface area contributed by atoms with E-state index in [1.54, 1.807) is 19.2 Å². The van der Waals surface area contributed by atoms with Crippen molar-refractivity contribution in [1.82, 2.24) is 9.88 Å². The largest absolute Gasteiger partial charge is 0.479 e. The zero-order valence-corrected chi connectivity index (χ0v) is 12.7. The monoisotopic (exact) mass is 326 g/mol. The van der Waals surface area contributed by atoms with Crippen LogP contribution in [0.1, 0.15) is 32.6 Å². The van der Waals surface area contributed by atoms with Gasteiger partial charge in [0.1, 0.15) is 10.4 Å². The number of hydrogen-bond acceptors (Lipinski definition) is 3. The van der Waals surface area contributed by atoms with Gasteiger partial charge in [0.15, 0.2) is 6.10 Å². The second kappa shape index (κ2) is 6.89. The number of likely N-dealkylation sites (tertiary alicyclic amines) is 1. The SMILES string of the molecule is CC(Oc1ccc(Br)nc1)C(=O)N1CCCCCC1. The molecule has 1 atom stereocenters. The van der Waals surface area contributed by atoms with Crippen molar-refractivity contribution < 1.29 is 9.53 Å². The van der Waals surface area contributed by atoms with Crippen LogP contribution in [0, 0.1) is 0 Å². The van der Waals surface area contributed by atoms with Crippen LogP contribution in [0.3, 0.4) is 0 Å². The molecule has 5 heteroatoms. The fourth-order valence-corrected chi connectivity index (χ4v) is 2.47. The van der Waals surface area contributed by atoms with Crippen LogP contribution in [0.15, 0.2) is 22.9 Å². The first-order chi connectivity index (χ1) is 9.16. The summed E-state index contributed by atoms with van der Waals surface area (Å²) in [5.41, 5.74) is 0. The van der Waals surface area contributed by atoms with E-state index in [0.717, 1.165) is 30.5 Å². The van der Waals surface area contributed by atoms with E-state index in [0.29, 0.717) is 5.75 Å². The van der Waals surface area contributed by atoms with Crippen LogP contribution in [0.2, 0.25) is 0 Å². The second-order valence-corrected chi connectivity index (χ2v) is 5.63. The first kappa shape index (κ1) is 14.3. The molecule has 0 spiro atoms. The minimum atomic E-state index is -0.457. The summed E-state index contributed by atoms with van der Waals surface area (Å²) in [6.45, 7) is 3.51. The van der Waals surface area contributed by atoms with E-state index in [1.807, 2.05) is 11.0 Å². The zero-order chi connectivity index (χ0) is 13.7. The van der Waals surface area contributed by atoms with Gasteiger partial charge in [-0.15, -0.1) is 0 Å². The molecule has 0 aromatic carbocycles. The lowest BCUT2D eigenvalue weighted by Gasteiger charge is -2.24. The number of carbonyl (C=O) groups is 1. The number of ether oxygens (including phenoxy) is 1. The molecular formula is C14H19BrN2O2. The summed E-state index contributed by atoms with van der Waals surface area (Å²) in [4.78, 5) is 18.3. The smallest absolute Gasteiger partial charge is 0.263 e. The summed E-state index contributed by atoms with van der Waals surface area (Å²) < 4.78 is 6.41. The first-order valence-electron chi connectivity index (χ1n) is 6.74. The Morgan fingerprint density at radius 2 is 2.00 bits per heavy atom. The van der Waals surface area contributed by atoms with Gasteiger partial charge in [0.05, 0.1) is 6.20 Å². The third-order valence-corrected chi connectivity index (χ3v) is 3.75. The van der Waals surface area contributed by atoms with Crippen molar-refractivity contribution in [3.8, 4) is 5.75 Å². The first-order valence-corrected chi connectivity index (χ1v) is 7.53. The van der Waals surface area contributed by atoms with Crippen LogP contribution < -0.4 is 4.74 Å². The fraction of sp³-hybridized carbons (Fsp3) is 0.571. The minimum absolute atomic E-state index is 0.0739. The lowest BCUT2D eigenvalue weighted by molar-refractivity contribution is -0.137. The van der Waals surface area contributed by atoms with Gasteiger partial charge in [-0.05, 0) is 47.8 Å². The lowest BCUT2D eigenvalue weighted by Crippen LogP contribution is -2.41. The average Bonchev–Trinajstić information content (AvgIpc) is 2.69. The van der Waals surface area contributed by atoms with E-state index in [2.05, 4.69) is 20.9 Å². The quantitative estimate of drug-likeness (QED) is 0.802. The summed E-state index contributed by atoms with van der Waals surface area (Å²) in [5.74, 6) is 0.698. The van der Waals surface area contributed by atoms with Crippen molar-refractivity contribution in [2.24, 2.45) is 0 Å². The summed E-state index contributed by atoms with van der Waals surface area (Å²) in [5, 5.41) is 0. The van der Waals surface area contributed by atoms with E-state index in [1.165, 1.54) is 12.8 Å². The number of pyridine rings is 1. The van der Waals surface area contributed by atoms with Gasteiger partial charge in [0.25, 0.3) is 5.91 Å². The van der Waals surface area contributed by atoms with Crippen LogP contribution in [-0.4, -0.2) is 35.0 Å². The molecule has 0 radical (unpaired) electrons. The van der Waals surface area contributed by atoms with Crippen LogP contribution in [0.5, 0.6) is 5.75 Å². The molecule has 104 valence electrons. The van der Waals surface area contributed by atoms with Crippen LogP contribution in [-0.2, 0) is 4.79 Å². The molecule has 1 fully saturated rings. The Balaban J connectivity index is 1.92. The molecule has 1 aromatic rings. The van der Waals surface area contributed by atoms with Crippen LogP contribution in [0.4, 0.5) is 0 Å². The summed E-state index contributed by atoms with van der Waals surface area (Å²) in [7, 11) is 0. The van der Waals surface area contributed by atoms with Crippen molar-refractivity contribution >= 4 is 21.8 Å². The number of rotatable bonds is 3. The second-order valence-electron chi connectivity index (χ2n) is 4.82. The van der Waals surface area contributed by atoms with Crippen LogP contribution >= 0.6 is 15.9 Å². The molecule has 0 aliphatic carbocycles. The molecule has 1 aromatic heterocycles. The van der Waals surface area contributed by atoms with E-state index in [4.69, 9.17) is 4.74 Å². The highest BCUT2D eigenvalue weighted by Gasteiger charge is 2.22. The van der Waals surface area contributed by atoms with Gasteiger partial charge in [-0.1, -0.05) is 12.8 Å². The molecular weight excluding hydrogens is 308 g/mol. The molecule has 1 saturated heterocycles. The van der Waals surface area contributed by atoms with Gasteiger partial charge < -0.3 is 9.64 Å². The summed E-state index contributed by atoms with van der Waals surface area (Å²) in [6.07, 6.45) is 5.79. The van der Waals surface area contributed by atoms with E-state index < -0.39 is 6.10 Å². The number of amides is 1. The zero-order valence-electron chi connectivity index (χ0n) is 11.1. The predicted octanol–water partition coefficient (Wildman–Crippen LogP) is 3.01. The summed E-state index contributed by atoms with van der Waals surface area (Å²) >= 11 is 3.27. The highest BCUT2D eigenvalue weighted by molar-refractivity contribution is 9.10. The van der Waals surface area contributed by atoms with Crippen molar-refractivity contribution in [3.05, 3.63) is 22.9 Å². The van der Waals surface area contributed by atoms with Gasteiger partial charge in [0.2, 0.25) is 0 Å². The number of nitrogens with zero attached hydrogens (tertiary/aromatic N) is 2. The predicted molar refractivity (Wildman–Crippen MR) is 77.1 cm³/mol. The summed E-state index contributed by atoms with van der Waals surface area (Å²) in [6, 6.07) is 3.61. The maximum atomic E-state index is 12.3. The number of carbonyl (C=O) groups excluding carboxylic acids is 1. The molecule has 1 aliphatic rings. The molecule has 0 N–H and O–H groups in total. The highest BCUT2D eigenvalue weighted by atomic mass is 79.9. The van der Waals surface area contributed by atoms with E-state index in [9.17, 15) is 4.79 Å². The van der Waals surface area contributed by atoms with Gasteiger partial charge in [-0.3, -0.25) is 4.79 Å². The lowest BCUT2D eigenvalue weighted by atomic mass is 10.2. The Labute approximate surface area is 122 Å². The third kappa shape index (κ3) is 4.20. The Kier molecular flexibility index (Phi) is 5.19. The molecule has 0 bridgehead atoms. The molecule has 2 rings (SSSR count). The van der Waals surface area contributed by atoms with Gasteiger partial charge in [-0.25, -0.2) is 4.98 Å². The van der Waals surface area contributed by atoms with Gasteiger partial charge in [0, 0.05) is 13.1 Å². The van der Waals surface area contributed by atoms with Gasteiger partial charge in [-0.2, -0.15) is 0 Å². The Bertz CT molecular complexity index is 414. The van der Waals surface area contributed by atoms with Gasteiger partial charge >= 0.3 is 0 Å². The molecule has 0 saturated carbocycles. The maximum absolute atomic E-state index is 12.3.